The molecule has 1 aromatic carbocycles. The second-order valence-corrected chi connectivity index (χ2v) is 9.64. The van der Waals surface area contributed by atoms with Crippen molar-refractivity contribution in [3.8, 4) is 5.75 Å². The summed E-state index contributed by atoms with van der Waals surface area (Å²) in [6.07, 6.45) is 1.39. The number of benzene rings is 1. The number of ether oxygens (including phenoxy) is 2. The van der Waals surface area contributed by atoms with Gasteiger partial charge in [-0.25, -0.2) is 4.79 Å². The van der Waals surface area contributed by atoms with E-state index in [1.807, 2.05) is 17.0 Å². The summed E-state index contributed by atoms with van der Waals surface area (Å²) in [5, 5.41) is 12.2. The highest BCUT2D eigenvalue weighted by Crippen LogP contribution is 2.37. The summed E-state index contributed by atoms with van der Waals surface area (Å²) in [6.45, 7) is 6.80. The van der Waals surface area contributed by atoms with Crippen molar-refractivity contribution in [2.24, 2.45) is 5.73 Å². The number of carboxylic acid groups (broad SMARTS) is 1. The number of likely N-dealkylation sites (tertiary alicyclic amines) is 1. The van der Waals surface area contributed by atoms with Gasteiger partial charge in [-0.1, -0.05) is 23.7 Å². The van der Waals surface area contributed by atoms with Gasteiger partial charge in [0, 0.05) is 6.42 Å². The Morgan fingerprint density at radius 2 is 1.94 bits per heavy atom. The zero-order valence-corrected chi connectivity index (χ0v) is 20.2. The Kier molecular flexibility index (Phi) is 9.79. The van der Waals surface area contributed by atoms with Crippen LogP contribution in [0, 0.1) is 0 Å². The Labute approximate surface area is 199 Å². The molecule has 1 aliphatic heterocycles. The van der Waals surface area contributed by atoms with Gasteiger partial charge < -0.3 is 25.6 Å². The summed E-state index contributed by atoms with van der Waals surface area (Å²) in [5.41, 5.74) is 5.56. The number of carbonyl (C=O) groups is 3. The van der Waals surface area contributed by atoms with Crippen molar-refractivity contribution in [2.75, 3.05) is 26.2 Å². The van der Waals surface area contributed by atoms with Crippen LogP contribution >= 0.6 is 11.6 Å². The van der Waals surface area contributed by atoms with Crippen LogP contribution in [0.4, 0.5) is 4.79 Å². The fraction of sp³-hybridized carbons (Fsp3) is 0.609. The Bertz CT molecular complexity index is 834. The first kappa shape index (κ1) is 26.7. The highest BCUT2D eigenvalue weighted by Gasteiger charge is 2.25. The highest BCUT2D eigenvalue weighted by atomic mass is 35.5. The van der Waals surface area contributed by atoms with Crippen molar-refractivity contribution in [2.45, 2.75) is 64.0 Å². The molecule has 1 aromatic rings. The van der Waals surface area contributed by atoms with E-state index >= 15 is 0 Å². The van der Waals surface area contributed by atoms with Crippen LogP contribution in [0.25, 0.3) is 0 Å². The number of primary amides is 1. The van der Waals surface area contributed by atoms with Crippen molar-refractivity contribution in [1.29, 1.82) is 0 Å². The van der Waals surface area contributed by atoms with Gasteiger partial charge in [-0.15, -0.1) is 0 Å². The number of nitrogens with one attached hydrogen (secondary N) is 1. The monoisotopic (exact) mass is 483 g/mol. The maximum atomic E-state index is 12.2. The predicted molar refractivity (Wildman–Crippen MR) is 125 cm³/mol. The van der Waals surface area contributed by atoms with Crippen LogP contribution in [0.3, 0.4) is 0 Å². The Morgan fingerprint density at radius 1 is 1.27 bits per heavy atom. The molecule has 0 unspecified atom stereocenters. The number of carbonyl (C=O) groups excluding carboxylic acids is 2. The van der Waals surface area contributed by atoms with E-state index < -0.39 is 29.6 Å². The Balaban J connectivity index is 2.02. The Hall–Kier alpha value is -2.52. The van der Waals surface area contributed by atoms with Crippen molar-refractivity contribution >= 4 is 29.6 Å². The maximum absolute atomic E-state index is 12.2. The molecule has 1 atom stereocenters. The van der Waals surface area contributed by atoms with Crippen LogP contribution in [-0.2, 0) is 14.3 Å². The third-order valence-electron chi connectivity index (χ3n) is 5.28. The fourth-order valence-corrected chi connectivity index (χ4v) is 4.06. The lowest BCUT2D eigenvalue weighted by Crippen LogP contribution is -2.42. The van der Waals surface area contributed by atoms with Crippen molar-refractivity contribution in [3.05, 3.63) is 28.8 Å². The minimum Gasteiger partial charge on any atom is -0.490 e. The lowest BCUT2D eigenvalue weighted by atomic mass is 9.89. The van der Waals surface area contributed by atoms with E-state index in [0.717, 1.165) is 18.4 Å². The minimum atomic E-state index is -0.826. The lowest BCUT2D eigenvalue weighted by Gasteiger charge is -2.31. The summed E-state index contributed by atoms with van der Waals surface area (Å²) >= 11 is 6.65. The van der Waals surface area contributed by atoms with Crippen molar-refractivity contribution in [3.63, 3.8) is 0 Å². The number of carboxylic acids is 1. The molecule has 33 heavy (non-hydrogen) atoms. The third kappa shape index (κ3) is 9.47. The second-order valence-electron chi connectivity index (χ2n) is 9.26. The number of piperidine rings is 1. The van der Waals surface area contributed by atoms with Crippen molar-refractivity contribution in [1.82, 2.24) is 10.2 Å². The first-order chi connectivity index (χ1) is 15.4. The molecule has 0 saturated carbocycles. The molecule has 0 aliphatic carbocycles. The van der Waals surface area contributed by atoms with E-state index in [1.54, 1.807) is 26.8 Å². The molecule has 2 rings (SSSR count). The summed E-state index contributed by atoms with van der Waals surface area (Å²) in [5.74, 6) is -0.609. The van der Waals surface area contributed by atoms with Crippen LogP contribution in [0.15, 0.2) is 18.2 Å². The lowest BCUT2D eigenvalue weighted by molar-refractivity contribution is -0.138. The minimum absolute atomic E-state index is 0.0426. The summed E-state index contributed by atoms with van der Waals surface area (Å²) in [4.78, 5) is 36.2. The molecule has 4 N–H and O–H groups in total. The van der Waals surface area contributed by atoms with Crippen LogP contribution < -0.4 is 15.8 Å². The van der Waals surface area contributed by atoms with Gasteiger partial charge in [0.25, 0.3) is 0 Å². The maximum Gasteiger partial charge on any atom is 0.407 e. The highest BCUT2D eigenvalue weighted by molar-refractivity contribution is 6.32. The SMILES string of the molecule is CC(C)(C)OC(=O)N[C@@H](CCC(N)=O)COc1cccc(C2CCN(CC(=O)O)CC2)c1Cl. The average molecular weight is 484 g/mol. The number of halogens is 1. The van der Waals surface area contributed by atoms with Gasteiger partial charge in [0.05, 0.1) is 17.6 Å². The summed E-state index contributed by atoms with van der Waals surface area (Å²) < 4.78 is 11.2. The second kappa shape index (κ2) is 12.1. The fourth-order valence-electron chi connectivity index (χ4n) is 3.73. The first-order valence-corrected chi connectivity index (χ1v) is 11.5. The Morgan fingerprint density at radius 3 is 2.52 bits per heavy atom. The molecule has 2 amide bonds. The number of hydrogen-bond acceptors (Lipinski definition) is 6. The molecule has 10 heteroatoms. The van der Waals surface area contributed by atoms with Crippen molar-refractivity contribution < 1.29 is 29.0 Å². The van der Waals surface area contributed by atoms with Gasteiger partial charge in [0.2, 0.25) is 5.91 Å². The van der Waals surface area contributed by atoms with E-state index in [9.17, 15) is 14.4 Å². The zero-order valence-electron chi connectivity index (χ0n) is 19.4. The van der Waals surface area contributed by atoms with E-state index in [0.29, 0.717) is 30.3 Å². The van der Waals surface area contributed by atoms with Crippen LogP contribution in [-0.4, -0.2) is 65.9 Å². The number of alkyl carbamates (subject to hydrolysis) is 1. The van der Waals surface area contributed by atoms with E-state index in [1.165, 1.54) is 0 Å². The molecular weight excluding hydrogens is 450 g/mol. The van der Waals surface area contributed by atoms with Crippen LogP contribution in [0.2, 0.25) is 5.02 Å². The number of amides is 2. The molecule has 9 nitrogen and oxygen atoms in total. The topological polar surface area (TPSA) is 131 Å². The molecule has 0 aromatic heterocycles. The summed E-state index contributed by atoms with van der Waals surface area (Å²) in [7, 11) is 0. The predicted octanol–water partition coefficient (Wildman–Crippen LogP) is 3.14. The third-order valence-corrected chi connectivity index (χ3v) is 5.68. The smallest absolute Gasteiger partial charge is 0.407 e. The standard InChI is InChI=1S/C23H34ClN3O6/c1-23(2,3)33-22(31)26-16(7-8-19(25)28)14-32-18-6-4-5-17(21(18)24)15-9-11-27(12-10-15)13-20(29)30/h4-6,15-16H,7-14H2,1-3H3,(H2,25,28)(H,26,31)(H,29,30)/t16-/m0/s1. The molecule has 0 spiro atoms. The van der Waals surface area contributed by atoms with Gasteiger partial charge in [0.1, 0.15) is 18.0 Å². The molecule has 1 saturated heterocycles. The summed E-state index contributed by atoms with van der Waals surface area (Å²) in [6, 6.07) is 5.08. The van der Waals surface area contributed by atoms with Crippen LogP contribution in [0.1, 0.15) is 57.9 Å². The largest absolute Gasteiger partial charge is 0.490 e. The molecule has 0 bridgehead atoms. The van der Waals surface area contributed by atoms with Gasteiger partial charge in [0.15, 0.2) is 0 Å². The first-order valence-electron chi connectivity index (χ1n) is 11.1. The molecule has 184 valence electrons. The average Bonchev–Trinajstić information content (AvgIpc) is 2.69. The normalized spacial score (nSPS) is 16.1. The molecule has 1 aliphatic rings. The van der Waals surface area contributed by atoms with Gasteiger partial charge >= 0.3 is 12.1 Å². The van der Waals surface area contributed by atoms with E-state index in [-0.39, 0.29) is 25.5 Å². The quantitative estimate of drug-likeness (QED) is 0.465. The number of aliphatic carboxylic acids is 1. The zero-order chi connectivity index (χ0) is 24.6. The molecular formula is C23H34ClN3O6. The number of rotatable bonds is 10. The number of nitrogens with zero attached hydrogens (tertiary/aromatic N) is 1. The number of hydrogen-bond donors (Lipinski definition) is 3. The van der Waals surface area contributed by atoms with Gasteiger partial charge in [-0.3, -0.25) is 14.5 Å². The molecule has 1 fully saturated rings. The van der Waals surface area contributed by atoms with Gasteiger partial charge in [-0.05, 0) is 70.7 Å². The molecule has 0 radical (unpaired) electrons. The van der Waals surface area contributed by atoms with Gasteiger partial charge in [-0.2, -0.15) is 0 Å². The van der Waals surface area contributed by atoms with Crippen LogP contribution in [0.5, 0.6) is 5.75 Å². The van der Waals surface area contributed by atoms with E-state index in [2.05, 4.69) is 5.32 Å². The molecule has 1 heterocycles. The van der Waals surface area contributed by atoms with E-state index in [4.69, 9.17) is 31.9 Å². The number of nitrogens with two attached hydrogens (primary N) is 1.